The SMILES string of the molecule is CCC1=C(C(=O)NCCc2ccccc2F)CCCO1. The summed E-state index contributed by atoms with van der Waals surface area (Å²) in [4.78, 5) is 12.1. The summed E-state index contributed by atoms with van der Waals surface area (Å²) >= 11 is 0. The van der Waals surface area contributed by atoms with Gasteiger partial charge in [0.2, 0.25) is 0 Å². The van der Waals surface area contributed by atoms with Crippen LogP contribution in [0.2, 0.25) is 0 Å². The van der Waals surface area contributed by atoms with Gasteiger partial charge in [0, 0.05) is 13.0 Å². The third kappa shape index (κ3) is 3.59. The molecule has 1 heterocycles. The smallest absolute Gasteiger partial charge is 0.250 e. The van der Waals surface area contributed by atoms with Crippen molar-refractivity contribution in [2.75, 3.05) is 13.2 Å². The van der Waals surface area contributed by atoms with Crippen molar-refractivity contribution in [3.05, 3.63) is 47.0 Å². The number of halogens is 1. The van der Waals surface area contributed by atoms with Crippen LogP contribution in [0, 0.1) is 5.82 Å². The van der Waals surface area contributed by atoms with Crippen molar-refractivity contribution in [2.24, 2.45) is 0 Å². The molecule has 1 aromatic carbocycles. The van der Waals surface area contributed by atoms with Crippen molar-refractivity contribution in [1.29, 1.82) is 0 Å². The van der Waals surface area contributed by atoms with Crippen molar-refractivity contribution in [2.45, 2.75) is 32.6 Å². The van der Waals surface area contributed by atoms with Crippen LogP contribution < -0.4 is 5.32 Å². The van der Waals surface area contributed by atoms with E-state index in [0.29, 0.717) is 25.1 Å². The van der Waals surface area contributed by atoms with Crippen LogP contribution >= 0.6 is 0 Å². The second-order valence-electron chi connectivity index (χ2n) is 4.80. The minimum absolute atomic E-state index is 0.0853. The van der Waals surface area contributed by atoms with Crippen molar-refractivity contribution in [1.82, 2.24) is 5.32 Å². The predicted molar refractivity (Wildman–Crippen MR) is 75.6 cm³/mol. The van der Waals surface area contributed by atoms with Crippen LogP contribution in [-0.2, 0) is 16.0 Å². The maximum absolute atomic E-state index is 13.4. The van der Waals surface area contributed by atoms with E-state index in [1.54, 1.807) is 18.2 Å². The van der Waals surface area contributed by atoms with Gasteiger partial charge in [-0.3, -0.25) is 4.79 Å². The molecule has 4 heteroatoms. The molecule has 1 aromatic rings. The average molecular weight is 277 g/mol. The Morgan fingerprint density at radius 3 is 2.95 bits per heavy atom. The zero-order valence-electron chi connectivity index (χ0n) is 11.7. The van der Waals surface area contributed by atoms with Gasteiger partial charge in [0.05, 0.1) is 12.2 Å². The number of ether oxygens (including phenoxy) is 1. The Hall–Kier alpha value is -1.84. The van der Waals surface area contributed by atoms with Gasteiger partial charge in [-0.1, -0.05) is 25.1 Å². The molecule has 0 aliphatic carbocycles. The minimum atomic E-state index is -0.226. The van der Waals surface area contributed by atoms with Crippen LogP contribution in [0.15, 0.2) is 35.6 Å². The summed E-state index contributed by atoms with van der Waals surface area (Å²) in [5.74, 6) is 0.480. The molecule has 0 saturated carbocycles. The first-order chi connectivity index (χ1) is 9.72. The number of amides is 1. The lowest BCUT2D eigenvalue weighted by molar-refractivity contribution is -0.118. The van der Waals surface area contributed by atoms with Crippen molar-refractivity contribution in [3.8, 4) is 0 Å². The van der Waals surface area contributed by atoms with E-state index in [4.69, 9.17) is 4.74 Å². The predicted octanol–water partition coefficient (Wildman–Crippen LogP) is 2.96. The second-order valence-corrected chi connectivity index (χ2v) is 4.80. The Labute approximate surface area is 118 Å². The maximum atomic E-state index is 13.4. The highest BCUT2D eigenvalue weighted by Crippen LogP contribution is 2.21. The van der Waals surface area contributed by atoms with Gasteiger partial charge in [0.25, 0.3) is 5.91 Å². The highest BCUT2D eigenvalue weighted by Gasteiger charge is 2.19. The fraction of sp³-hybridized carbons (Fsp3) is 0.438. The summed E-state index contributed by atoms with van der Waals surface area (Å²) in [6.45, 7) is 3.10. The number of hydrogen-bond donors (Lipinski definition) is 1. The zero-order chi connectivity index (χ0) is 14.4. The van der Waals surface area contributed by atoms with Gasteiger partial charge < -0.3 is 10.1 Å². The Bertz CT molecular complexity index is 511. The van der Waals surface area contributed by atoms with Gasteiger partial charge in [-0.2, -0.15) is 0 Å². The first-order valence-electron chi connectivity index (χ1n) is 7.08. The molecule has 0 unspecified atom stereocenters. The molecule has 0 aromatic heterocycles. The van der Waals surface area contributed by atoms with Gasteiger partial charge in [-0.25, -0.2) is 4.39 Å². The van der Waals surface area contributed by atoms with Gasteiger partial charge in [0.15, 0.2) is 0 Å². The van der Waals surface area contributed by atoms with Crippen LogP contribution in [0.3, 0.4) is 0 Å². The normalized spacial score (nSPS) is 14.9. The Morgan fingerprint density at radius 2 is 2.20 bits per heavy atom. The lowest BCUT2D eigenvalue weighted by Crippen LogP contribution is -2.29. The lowest BCUT2D eigenvalue weighted by atomic mass is 10.0. The molecular weight excluding hydrogens is 257 g/mol. The molecule has 1 N–H and O–H groups in total. The Balaban J connectivity index is 1.89. The number of carbonyl (C=O) groups is 1. The monoisotopic (exact) mass is 277 g/mol. The molecule has 0 fully saturated rings. The fourth-order valence-electron chi connectivity index (χ4n) is 2.34. The molecule has 0 atom stereocenters. The van der Waals surface area contributed by atoms with E-state index in [9.17, 15) is 9.18 Å². The van der Waals surface area contributed by atoms with Crippen LogP contribution in [0.5, 0.6) is 0 Å². The fourth-order valence-corrected chi connectivity index (χ4v) is 2.34. The quantitative estimate of drug-likeness (QED) is 0.898. The van der Waals surface area contributed by atoms with Crippen LogP contribution in [0.25, 0.3) is 0 Å². The van der Waals surface area contributed by atoms with Crippen molar-refractivity contribution < 1.29 is 13.9 Å². The third-order valence-corrected chi connectivity index (χ3v) is 3.42. The zero-order valence-corrected chi connectivity index (χ0v) is 11.7. The molecule has 1 amide bonds. The van der Waals surface area contributed by atoms with E-state index in [-0.39, 0.29) is 11.7 Å². The Morgan fingerprint density at radius 1 is 1.40 bits per heavy atom. The third-order valence-electron chi connectivity index (χ3n) is 3.42. The van der Waals surface area contributed by atoms with Gasteiger partial charge in [0.1, 0.15) is 11.6 Å². The lowest BCUT2D eigenvalue weighted by Gasteiger charge is -2.20. The standard InChI is InChI=1S/C16H20FNO2/c1-2-15-13(7-5-11-20-15)16(19)18-10-9-12-6-3-4-8-14(12)17/h3-4,6,8H,2,5,7,9-11H2,1H3,(H,18,19). The average Bonchev–Trinajstić information content (AvgIpc) is 2.49. The van der Waals surface area contributed by atoms with E-state index < -0.39 is 0 Å². The molecule has 0 radical (unpaired) electrons. The van der Waals surface area contributed by atoms with E-state index in [0.717, 1.165) is 30.6 Å². The van der Waals surface area contributed by atoms with Crippen LogP contribution in [0.1, 0.15) is 31.7 Å². The number of carbonyl (C=O) groups excluding carboxylic acids is 1. The highest BCUT2D eigenvalue weighted by molar-refractivity contribution is 5.93. The summed E-state index contributed by atoms with van der Waals surface area (Å²) in [6, 6.07) is 6.63. The van der Waals surface area contributed by atoms with E-state index >= 15 is 0 Å². The van der Waals surface area contributed by atoms with Crippen molar-refractivity contribution >= 4 is 5.91 Å². The molecule has 20 heavy (non-hydrogen) atoms. The summed E-state index contributed by atoms with van der Waals surface area (Å²) < 4.78 is 18.9. The summed E-state index contributed by atoms with van der Waals surface area (Å²) in [5.41, 5.74) is 1.37. The van der Waals surface area contributed by atoms with E-state index in [1.165, 1.54) is 6.07 Å². The number of hydrogen-bond acceptors (Lipinski definition) is 2. The van der Waals surface area contributed by atoms with Crippen LogP contribution in [0.4, 0.5) is 4.39 Å². The molecule has 0 bridgehead atoms. The van der Waals surface area contributed by atoms with Gasteiger partial charge >= 0.3 is 0 Å². The first kappa shape index (κ1) is 14.6. The molecular formula is C16H20FNO2. The number of allylic oxidation sites excluding steroid dienone is 1. The summed E-state index contributed by atoms with van der Waals surface area (Å²) in [6.07, 6.45) is 2.86. The molecule has 108 valence electrons. The highest BCUT2D eigenvalue weighted by atomic mass is 19.1. The molecule has 3 nitrogen and oxygen atoms in total. The molecule has 2 rings (SSSR count). The van der Waals surface area contributed by atoms with Crippen molar-refractivity contribution in [3.63, 3.8) is 0 Å². The second kappa shape index (κ2) is 7.08. The summed E-state index contributed by atoms with van der Waals surface area (Å²) in [5, 5.41) is 2.85. The van der Waals surface area contributed by atoms with Gasteiger partial charge in [-0.05, 0) is 30.9 Å². The van der Waals surface area contributed by atoms with E-state index in [2.05, 4.69) is 5.32 Å². The Kier molecular flexibility index (Phi) is 5.16. The van der Waals surface area contributed by atoms with Crippen LogP contribution in [-0.4, -0.2) is 19.1 Å². The topological polar surface area (TPSA) is 38.3 Å². The minimum Gasteiger partial charge on any atom is -0.497 e. The van der Waals surface area contributed by atoms with Gasteiger partial charge in [-0.15, -0.1) is 0 Å². The molecule has 1 aliphatic rings. The molecule has 0 saturated heterocycles. The first-order valence-corrected chi connectivity index (χ1v) is 7.08. The number of nitrogens with one attached hydrogen (secondary N) is 1. The molecule has 1 aliphatic heterocycles. The number of benzene rings is 1. The number of rotatable bonds is 5. The summed E-state index contributed by atoms with van der Waals surface area (Å²) in [7, 11) is 0. The molecule has 0 spiro atoms. The largest absolute Gasteiger partial charge is 0.497 e. The van der Waals surface area contributed by atoms with E-state index in [1.807, 2.05) is 6.92 Å². The maximum Gasteiger partial charge on any atom is 0.250 e.